The van der Waals surface area contributed by atoms with Gasteiger partial charge in [0.25, 0.3) is 0 Å². The van der Waals surface area contributed by atoms with Crippen LogP contribution in [0.3, 0.4) is 0 Å². The minimum absolute atomic E-state index is 0.981. The van der Waals surface area contributed by atoms with E-state index in [1.165, 1.54) is 16.5 Å². The number of hydrogen-bond donors (Lipinski definition) is 0. The second-order valence-electron chi connectivity index (χ2n) is 7.52. The first-order chi connectivity index (χ1) is 8.58. The number of benzene rings is 1. The Hall–Kier alpha value is -0.256. The third-order valence-electron chi connectivity index (χ3n) is 2.77. The van der Waals surface area contributed by atoms with Gasteiger partial charge in [-0.25, -0.2) is 0 Å². The topological polar surface area (TPSA) is 0 Å². The molecule has 0 bridgehead atoms. The van der Waals surface area contributed by atoms with E-state index < -0.39 is 16.1 Å². The van der Waals surface area contributed by atoms with Gasteiger partial charge < -0.3 is 0 Å². The minimum Gasteiger partial charge on any atom is -0.138 e. The Morgan fingerprint density at radius 1 is 1.00 bits per heavy atom. The first kappa shape index (κ1) is 16.8. The van der Waals surface area contributed by atoms with E-state index >= 15 is 0 Å². The lowest BCUT2D eigenvalue weighted by Crippen LogP contribution is -2.28. The van der Waals surface area contributed by atoms with E-state index in [-0.39, 0.29) is 0 Å². The summed E-state index contributed by atoms with van der Waals surface area (Å²) in [4.78, 5) is 0. The molecule has 1 rings (SSSR count). The van der Waals surface area contributed by atoms with Crippen LogP contribution >= 0.6 is 11.8 Å². The lowest BCUT2D eigenvalue weighted by Gasteiger charge is -2.24. The number of hydrogen-bond acceptors (Lipinski definition) is 1. The maximum absolute atomic E-state index is 2.45. The minimum atomic E-state index is -1.24. The van der Waals surface area contributed by atoms with E-state index in [9.17, 15) is 0 Å². The molecular weight excluding hydrogens is 280 g/mol. The Bertz CT molecular complexity index is 433. The molecule has 0 radical (unpaired) electrons. The molecule has 106 valence electrons. The smallest absolute Gasteiger partial charge is 0.0857 e. The fourth-order valence-corrected chi connectivity index (χ4v) is 7.14. The zero-order valence-electron chi connectivity index (χ0n) is 13.5. The highest BCUT2D eigenvalue weighted by Crippen LogP contribution is 2.31. The largest absolute Gasteiger partial charge is 0.138 e. The summed E-state index contributed by atoms with van der Waals surface area (Å²) in [5.41, 5.74) is 2.69. The molecule has 0 saturated carbocycles. The molecule has 0 unspecified atom stereocenters. The molecule has 0 nitrogen and oxygen atoms in total. The van der Waals surface area contributed by atoms with Gasteiger partial charge in [-0.1, -0.05) is 69.1 Å². The first-order valence-corrected chi connectivity index (χ1v) is 15.2. The van der Waals surface area contributed by atoms with Gasteiger partial charge in [-0.3, -0.25) is 0 Å². The summed E-state index contributed by atoms with van der Waals surface area (Å²) in [5.74, 6) is 0. The lowest BCUT2D eigenvalue weighted by atomic mass is 10.1. The van der Waals surface area contributed by atoms with Gasteiger partial charge in [0, 0.05) is 0 Å². The van der Waals surface area contributed by atoms with Crippen LogP contribution < -0.4 is 0 Å². The SMILES string of the molecule is Cc1ccc(/C=C(\SC[Si](C)(C)C)[Si](C)(C)C)cc1. The van der Waals surface area contributed by atoms with Gasteiger partial charge in [0.2, 0.25) is 0 Å². The summed E-state index contributed by atoms with van der Waals surface area (Å²) in [6.07, 6.45) is 2.43. The van der Waals surface area contributed by atoms with Gasteiger partial charge in [0.1, 0.15) is 0 Å². The summed E-state index contributed by atoms with van der Waals surface area (Å²) in [5, 5.41) is 1.33. The standard InChI is InChI=1S/C16H28SSi2/c1-14-8-10-15(11-9-14)12-16(19(5,6)7)17-13-18(2,3)4/h8-12H,13H2,1-7H3/b16-12+. The van der Waals surface area contributed by atoms with Crippen molar-refractivity contribution in [1.29, 1.82) is 0 Å². The van der Waals surface area contributed by atoms with Crippen LogP contribution in [0.4, 0.5) is 0 Å². The van der Waals surface area contributed by atoms with Crippen LogP contribution in [0, 0.1) is 6.92 Å². The predicted octanol–water partition coefficient (Wildman–Crippen LogP) is 5.82. The van der Waals surface area contributed by atoms with Crippen molar-refractivity contribution in [3.8, 4) is 0 Å². The van der Waals surface area contributed by atoms with E-state index in [2.05, 4.69) is 88.3 Å². The Balaban J connectivity index is 2.94. The summed E-state index contributed by atoms with van der Waals surface area (Å²) >= 11 is 2.12. The van der Waals surface area contributed by atoms with Crippen LogP contribution in [0.2, 0.25) is 39.3 Å². The summed E-state index contributed by atoms with van der Waals surface area (Å²) in [6, 6.07) is 8.89. The van der Waals surface area contributed by atoms with Crippen molar-refractivity contribution in [2.75, 3.05) is 5.38 Å². The van der Waals surface area contributed by atoms with Crippen LogP contribution in [-0.2, 0) is 0 Å². The van der Waals surface area contributed by atoms with Gasteiger partial charge in [0.05, 0.1) is 16.1 Å². The zero-order valence-corrected chi connectivity index (χ0v) is 16.3. The van der Waals surface area contributed by atoms with Crippen molar-refractivity contribution < 1.29 is 0 Å². The van der Waals surface area contributed by atoms with Gasteiger partial charge in [-0.2, -0.15) is 0 Å². The van der Waals surface area contributed by atoms with Crippen LogP contribution in [-0.4, -0.2) is 21.5 Å². The van der Waals surface area contributed by atoms with Crippen LogP contribution in [0.1, 0.15) is 11.1 Å². The molecule has 0 aliphatic rings. The van der Waals surface area contributed by atoms with Crippen LogP contribution in [0.25, 0.3) is 6.08 Å². The van der Waals surface area contributed by atoms with Gasteiger partial charge >= 0.3 is 0 Å². The van der Waals surface area contributed by atoms with Crippen molar-refractivity contribution in [3.63, 3.8) is 0 Å². The van der Waals surface area contributed by atoms with Crippen molar-refractivity contribution in [2.45, 2.75) is 46.2 Å². The molecule has 0 heterocycles. The Labute approximate surface area is 125 Å². The van der Waals surface area contributed by atoms with E-state index in [1.807, 2.05) is 0 Å². The highest BCUT2D eigenvalue weighted by molar-refractivity contribution is 8.06. The van der Waals surface area contributed by atoms with Gasteiger partial charge in [-0.15, -0.1) is 11.8 Å². The molecule has 1 aromatic rings. The molecule has 0 spiro atoms. The second-order valence-corrected chi connectivity index (χ2v) is 19.9. The molecule has 0 N–H and O–H groups in total. The third-order valence-corrected chi connectivity index (χ3v) is 11.1. The van der Waals surface area contributed by atoms with Crippen LogP contribution in [0.15, 0.2) is 28.8 Å². The molecule has 0 aliphatic carbocycles. The normalized spacial score (nSPS) is 13.7. The average molecular weight is 309 g/mol. The third kappa shape index (κ3) is 6.64. The van der Waals surface area contributed by atoms with E-state index in [1.54, 1.807) is 4.53 Å². The summed E-state index contributed by atoms with van der Waals surface area (Å²) < 4.78 is 1.64. The van der Waals surface area contributed by atoms with Crippen molar-refractivity contribution >= 4 is 34.0 Å². The molecule has 0 atom stereocenters. The fourth-order valence-electron chi connectivity index (χ4n) is 1.58. The van der Waals surface area contributed by atoms with Crippen LogP contribution in [0.5, 0.6) is 0 Å². The van der Waals surface area contributed by atoms with E-state index in [0.717, 1.165) is 0 Å². The van der Waals surface area contributed by atoms with Crippen molar-refractivity contribution in [3.05, 3.63) is 39.9 Å². The lowest BCUT2D eigenvalue weighted by molar-refractivity contribution is 1.46. The average Bonchev–Trinajstić information content (AvgIpc) is 2.23. The second kappa shape index (κ2) is 6.46. The Kier molecular flexibility index (Phi) is 5.71. The van der Waals surface area contributed by atoms with Gasteiger partial charge in [-0.05, 0) is 28.5 Å². The summed E-state index contributed by atoms with van der Waals surface area (Å²) in [6.45, 7) is 16.8. The molecule has 3 heteroatoms. The summed E-state index contributed by atoms with van der Waals surface area (Å²) in [7, 11) is -2.22. The number of rotatable bonds is 5. The maximum atomic E-state index is 2.45. The molecule has 0 aromatic heterocycles. The van der Waals surface area contributed by atoms with Crippen molar-refractivity contribution in [2.24, 2.45) is 0 Å². The van der Waals surface area contributed by atoms with Gasteiger partial charge in [0.15, 0.2) is 0 Å². The molecule has 0 aliphatic heterocycles. The van der Waals surface area contributed by atoms with E-state index in [4.69, 9.17) is 0 Å². The molecule has 0 saturated heterocycles. The number of thioether (sulfide) groups is 1. The highest BCUT2D eigenvalue weighted by Gasteiger charge is 2.23. The maximum Gasteiger partial charge on any atom is 0.0857 e. The number of aryl methyl sites for hydroxylation is 1. The quantitative estimate of drug-likeness (QED) is 0.617. The van der Waals surface area contributed by atoms with Crippen molar-refractivity contribution in [1.82, 2.24) is 0 Å². The Morgan fingerprint density at radius 3 is 1.95 bits per heavy atom. The molecule has 19 heavy (non-hydrogen) atoms. The monoisotopic (exact) mass is 308 g/mol. The zero-order chi connectivity index (χ0) is 14.7. The fraction of sp³-hybridized carbons (Fsp3) is 0.500. The highest BCUT2D eigenvalue weighted by atomic mass is 32.2. The molecule has 0 fully saturated rings. The Morgan fingerprint density at radius 2 is 1.53 bits per heavy atom. The molecule has 0 amide bonds. The molecule has 1 aromatic carbocycles. The molecular formula is C16H28SSi2. The predicted molar refractivity (Wildman–Crippen MR) is 98.3 cm³/mol. The van der Waals surface area contributed by atoms with E-state index in [0.29, 0.717) is 0 Å². The first-order valence-electron chi connectivity index (χ1n) is 7.00.